The van der Waals surface area contributed by atoms with Gasteiger partial charge in [0.15, 0.2) is 5.13 Å². The third-order valence-electron chi connectivity index (χ3n) is 5.80. The lowest BCUT2D eigenvalue weighted by Gasteiger charge is -2.36. The Morgan fingerprint density at radius 1 is 0.879 bits per heavy atom. The summed E-state index contributed by atoms with van der Waals surface area (Å²) in [6, 6.07) is 24.2. The van der Waals surface area contributed by atoms with Crippen LogP contribution in [0.3, 0.4) is 0 Å². The Balaban J connectivity index is 1.21. The van der Waals surface area contributed by atoms with E-state index in [0.717, 1.165) is 48.1 Å². The molecule has 5 rings (SSSR count). The lowest BCUT2D eigenvalue weighted by atomic mass is 10.1. The normalized spacial score (nSPS) is 13.7. The summed E-state index contributed by atoms with van der Waals surface area (Å²) < 4.78 is 0. The van der Waals surface area contributed by atoms with Gasteiger partial charge in [-0.1, -0.05) is 48.5 Å². The number of nitrogens with zero attached hydrogens (tertiary/aromatic N) is 4. The molecular weight excluding hydrogens is 430 g/mol. The zero-order valence-electron chi connectivity index (χ0n) is 18.4. The number of pyridine rings is 1. The van der Waals surface area contributed by atoms with Gasteiger partial charge in [0.25, 0.3) is 5.91 Å². The van der Waals surface area contributed by atoms with Gasteiger partial charge in [-0.15, -0.1) is 11.3 Å². The maximum atomic E-state index is 12.8. The molecule has 0 bridgehead atoms. The van der Waals surface area contributed by atoms with Crippen molar-refractivity contribution < 1.29 is 4.79 Å². The highest BCUT2D eigenvalue weighted by atomic mass is 32.1. The number of carbonyl (C=O) groups is 1. The summed E-state index contributed by atoms with van der Waals surface area (Å²) in [4.78, 5) is 27.7. The number of hydrogen-bond acceptors (Lipinski definition) is 6. The Kier molecular flexibility index (Phi) is 6.04. The quantitative estimate of drug-likeness (QED) is 0.454. The van der Waals surface area contributed by atoms with E-state index in [2.05, 4.69) is 49.4 Å². The molecule has 7 heteroatoms. The first kappa shape index (κ1) is 21.2. The summed E-state index contributed by atoms with van der Waals surface area (Å²) in [5.74, 6) is 0.701. The molecule has 0 radical (unpaired) electrons. The number of para-hydroxylation sites is 1. The van der Waals surface area contributed by atoms with Crippen LogP contribution in [0, 0.1) is 6.92 Å². The molecule has 1 fully saturated rings. The van der Waals surface area contributed by atoms with Crippen molar-refractivity contribution in [1.82, 2.24) is 9.97 Å². The third kappa shape index (κ3) is 4.73. The summed E-state index contributed by atoms with van der Waals surface area (Å²) in [6.45, 7) is 5.70. The van der Waals surface area contributed by atoms with Gasteiger partial charge in [-0.05, 0) is 31.2 Å². The van der Waals surface area contributed by atoms with Gasteiger partial charge in [-0.25, -0.2) is 9.97 Å². The van der Waals surface area contributed by atoms with Gasteiger partial charge in [-0.3, -0.25) is 10.1 Å². The molecule has 0 aliphatic carbocycles. The van der Waals surface area contributed by atoms with Gasteiger partial charge in [-0.2, -0.15) is 0 Å². The number of piperazine rings is 1. The van der Waals surface area contributed by atoms with Crippen molar-refractivity contribution in [3.05, 3.63) is 89.4 Å². The summed E-state index contributed by atoms with van der Waals surface area (Å²) in [7, 11) is 0. The molecule has 0 saturated carbocycles. The molecule has 1 N–H and O–H groups in total. The monoisotopic (exact) mass is 455 g/mol. The fourth-order valence-corrected chi connectivity index (χ4v) is 4.85. The molecule has 1 saturated heterocycles. The number of thiazole rings is 1. The van der Waals surface area contributed by atoms with E-state index >= 15 is 0 Å². The highest BCUT2D eigenvalue weighted by Gasteiger charge is 2.19. The van der Waals surface area contributed by atoms with Crippen LogP contribution >= 0.6 is 11.3 Å². The van der Waals surface area contributed by atoms with E-state index in [1.54, 1.807) is 6.20 Å². The van der Waals surface area contributed by atoms with Crippen molar-refractivity contribution in [2.45, 2.75) is 6.92 Å². The number of aryl methyl sites for hydroxylation is 1. The van der Waals surface area contributed by atoms with Crippen molar-refractivity contribution in [2.24, 2.45) is 0 Å². The van der Waals surface area contributed by atoms with Crippen LogP contribution in [-0.2, 0) is 0 Å². The second-order valence-electron chi connectivity index (χ2n) is 7.96. The largest absolute Gasteiger partial charge is 0.368 e. The third-order valence-corrected chi connectivity index (χ3v) is 6.69. The van der Waals surface area contributed by atoms with Crippen molar-refractivity contribution in [3.63, 3.8) is 0 Å². The standard InChI is InChI=1S/C26H25N5OS/c1-19-24(20-8-4-2-5-9-20)28-26(33-19)29-25(32)21-12-13-23(27-18-21)31-16-14-30(15-17-31)22-10-6-3-7-11-22/h2-13,18H,14-17H2,1H3,(H,28,29,32). The van der Waals surface area contributed by atoms with Crippen LogP contribution in [0.2, 0.25) is 0 Å². The lowest BCUT2D eigenvalue weighted by molar-refractivity contribution is 0.102. The van der Waals surface area contributed by atoms with Gasteiger partial charge in [0.1, 0.15) is 5.82 Å². The average Bonchev–Trinajstić information content (AvgIpc) is 3.25. The van der Waals surface area contributed by atoms with Crippen molar-refractivity contribution >= 4 is 33.9 Å². The first-order valence-electron chi connectivity index (χ1n) is 11.0. The second-order valence-corrected chi connectivity index (χ2v) is 9.16. The number of benzene rings is 2. The number of rotatable bonds is 5. The molecule has 2 aromatic heterocycles. The first-order chi connectivity index (χ1) is 16.2. The maximum Gasteiger partial charge on any atom is 0.259 e. The highest BCUT2D eigenvalue weighted by Crippen LogP contribution is 2.30. The number of anilines is 3. The van der Waals surface area contributed by atoms with Gasteiger partial charge >= 0.3 is 0 Å². The molecule has 3 heterocycles. The predicted octanol–water partition coefficient (Wildman–Crippen LogP) is 5.09. The Labute approximate surface area is 197 Å². The maximum absolute atomic E-state index is 12.8. The summed E-state index contributed by atoms with van der Waals surface area (Å²) in [6.07, 6.45) is 1.65. The van der Waals surface area contributed by atoms with Crippen LogP contribution in [0.5, 0.6) is 0 Å². The predicted molar refractivity (Wildman–Crippen MR) is 135 cm³/mol. The van der Waals surface area contributed by atoms with Gasteiger partial charge < -0.3 is 9.80 Å². The minimum absolute atomic E-state index is 0.198. The molecule has 0 unspecified atom stereocenters. The Hall–Kier alpha value is -3.71. The van der Waals surface area contributed by atoms with E-state index in [1.165, 1.54) is 17.0 Å². The number of hydrogen-bond donors (Lipinski definition) is 1. The molecule has 33 heavy (non-hydrogen) atoms. The van der Waals surface area contributed by atoms with Crippen LogP contribution < -0.4 is 15.1 Å². The Morgan fingerprint density at radius 3 is 2.21 bits per heavy atom. The fraction of sp³-hybridized carbons (Fsp3) is 0.192. The van der Waals surface area contributed by atoms with Crippen LogP contribution in [0.15, 0.2) is 79.0 Å². The molecule has 6 nitrogen and oxygen atoms in total. The van der Waals surface area contributed by atoms with E-state index in [0.29, 0.717) is 10.7 Å². The van der Waals surface area contributed by atoms with Crippen molar-refractivity contribution in [2.75, 3.05) is 41.3 Å². The van der Waals surface area contributed by atoms with E-state index in [9.17, 15) is 4.79 Å². The topological polar surface area (TPSA) is 61.4 Å². The molecule has 0 spiro atoms. The van der Waals surface area contributed by atoms with E-state index < -0.39 is 0 Å². The minimum Gasteiger partial charge on any atom is -0.368 e. The van der Waals surface area contributed by atoms with Crippen LogP contribution in [0.25, 0.3) is 11.3 Å². The molecule has 1 amide bonds. The average molecular weight is 456 g/mol. The number of amides is 1. The summed E-state index contributed by atoms with van der Waals surface area (Å²) in [5.41, 5.74) is 3.73. The van der Waals surface area contributed by atoms with E-state index in [4.69, 9.17) is 0 Å². The lowest BCUT2D eigenvalue weighted by Crippen LogP contribution is -2.46. The number of carbonyl (C=O) groups excluding carboxylic acids is 1. The minimum atomic E-state index is -0.198. The van der Waals surface area contributed by atoms with Crippen LogP contribution in [0.1, 0.15) is 15.2 Å². The van der Waals surface area contributed by atoms with Gasteiger partial charge in [0.05, 0.1) is 11.3 Å². The van der Waals surface area contributed by atoms with E-state index in [-0.39, 0.29) is 5.91 Å². The highest BCUT2D eigenvalue weighted by molar-refractivity contribution is 7.16. The van der Waals surface area contributed by atoms with Gasteiger partial charge in [0, 0.05) is 48.5 Å². The van der Waals surface area contributed by atoms with Crippen LogP contribution in [-0.4, -0.2) is 42.1 Å². The summed E-state index contributed by atoms with van der Waals surface area (Å²) in [5, 5.41) is 3.52. The van der Waals surface area contributed by atoms with Gasteiger partial charge in [0.2, 0.25) is 0 Å². The molecular formula is C26H25N5OS. The zero-order valence-corrected chi connectivity index (χ0v) is 19.3. The molecule has 0 atom stereocenters. The number of aromatic nitrogens is 2. The van der Waals surface area contributed by atoms with Crippen molar-refractivity contribution in [1.29, 1.82) is 0 Å². The molecule has 2 aromatic carbocycles. The fourth-order valence-electron chi connectivity index (χ4n) is 4.02. The summed E-state index contributed by atoms with van der Waals surface area (Å²) >= 11 is 1.48. The second kappa shape index (κ2) is 9.42. The molecule has 1 aliphatic heterocycles. The zero-order chi connectivity index (χ0) is 22.6. The number of nitrogens with one attached hydrogen (secondary N) is 1. The smallest absolute Gasteiger partial charge is 0.259 e. The SMILES string of the molecule is Cc1sc(NC(=O)c2ccc(N3CCN(c4ccccc4)CC3)nc2)nc1-c1ccccc1. The Morgan fingerprint density at radius 2 is 1.55 bits per heavy atom. The van der Waals surface area contributed by atoms with E-state index in [1.807, 2.05) is 55.5 Å². The Bertz CT molecular complexity index is 1220. The van der Waals surface area contributed by atoms with Crippen LogP contribution in [0.4, 0.5) is 16.6 Å². The molecule has 1 aliphatic rings. The molecule has 4 aromatic rings. The molecule has 166 valence electrons. The first-order valence-corrected chi connectivity index (χ1v) is 11.8. The van der Waals surface area contributed by atoms with Crippen molar-refractivity contribution in [3.8, 4) is 11.3 Å².